The van der Waals surface area contributed by atoms with Crippen molar-refractivity contribution < 1.29 is 14.9 Å². The predicted octanol–water partition coefficient (Wildman–Crippen LogP) is 5.99. The lowest BCUT2D eigenvalue weighted by Gasteiger charge is -2.28. The SMILES string of the molecule is Oc1ccc(C(=C(c2ccccc2)C2CC2)c2ccc(OCC(O)CN3CCCCC3)cc2)cc1. The molecule has 35 heavy (non-hydrogen) atoms. The number of aliphatic hydroxyl groups excluding tert-OH is 1. The van der Waals surface area contributed by atoms with Gasteiger partial charge in [0.15, 0.2) is 0 Å². The number of β-amino-alcohol motifs (C(OH)–C–C–N with tert-alkyl or cyclic N) is 1. The molecule has 3 aromatic rings. The summed E-state index contributed by atoms with van der Waals surface area (Å²) in [5.74, 6) is 1.58. The minimum Gasteiger partial charge on any atom is -0.508 e. The van der Waals surface area contributed by atoms with E-state index in [1.54, 1.807) is 12.1 Å². The third-order valence-electron chi connectivity index (χ3n) is 7.00. The standard InChI is InChI=1S/C31H35NO3/c33-27-15-11-25(12-16-27)31(30(24-9-10-24)23-7-3-1-4-8-23)26-13-17-29(18-14-26)35-22-28(34)21-32-19-5-2-6-20-32/h1,3-4,7-8,11-18,24,28,33-34H,2,5-6,9-10,19-22H2. The maximum absolute atomic E-state index is 10.4. The normalized spacial score (nSPS) is 18.1. The van der Waals surface area contributed by atoms with Crippen LogP contribution in [0.1, 0.15) is 48.8 Å². The largest absolute Gasteiger partial charge is 0.508 e. The summed E-state index contributed by atoms with van der Waals surface area (Å²) >= 11 is 0. The van der Waals surface area contributed by atoms with Crippen LogP contribution in [0.15, 0.2) is 78.9 Å². The summed E-state index contributed by atoms with van der Waals surface area (Å²) in [6.45, 7) is 3.12. The Bertz CT molecular complexity index is 1110. The van der Waals surface area contributed by atoms with Gasteiger partial charge in [0.1, 0.15) is 24.2 Å². The number of phenolic OH excluding ortho intramolecular Hbond substituents is 1. The van der Waals surface area contributed by atoms with Crippen molar-refractivity contribution in [3.05, 3.63) is 95.6 Å². The molecular weight excluding hydrogens is 434 g/mol. The van der Waals surface area contributed by atoms with Crippen molar-refractivity contribution in [3.8, 4) is 11.5 Å². The Labute approximate surface area is 208 Å². The number of hydrogen-bond acceptors (Lipinski definition) is 4. The van der Waals surface area contributed by atoms with Gasteiger partial charge in [0.05, 0.1) is 0 Å². The van der Waals surface area contributed by atoms with Crippen LogP contribution in [-0.4, -0.2) is 47.5 Å². The maximum atomic E-state index is 10.4. The first-order valence-electron chi connectivity index (χ1n) is 12.9. The van der Waals surface area contributed by atoms with E-state index in [9.17, 15) is 10.2 Å². The van der Waals surface area contributed by atoms with Crippen LogP contribution in [0.25, 0.3) is 11.1 Å². The molecule has 0 bridgehead atoms. The Balaban J connectivity index is 1.38. The Hall–Kier alpha value is -3.08. The lowest BCUT2D eigenvalue weighted by molar-refractivity contribution is 0.0617. The van der Waals surface area contributed by atoms with Gasteiger partial charge in [-0.15, -0.1) is 0 Å². The number of benzene rings is 3. The number of likely N-dealkylation sites (tertiary alicyclic amines) is 1. The van der Waals surface area contributed by atoms with Crippen molar-refractivity contribution in [2.45, 2.75) is 38.2 Å². The number of aliphatic hydroxyl groups is 1. The van der Waals surface area contributed by atoms with Crippen LogP contribution in [0, 0.1) is 5.92 Å². The first-order chi connectivity index (χ1) is 17.2. The molecule has 0 amide bonds. The number of nitrogens with zero attached hydrogens (tertiary/aromatic N) is 1. The van der Waals surface area contributed by atoms with Crippen LogP contribution < -0.4 is 4.74 Å². The summed E-state index contributed by atoms with van der Waals surface area (Å²) in [6.07, 6.45) is 5.64. The van der Waals surface area contributed by atoms with E-state index in [1.807, 2.05) is 24.3 Å². The van der Waals surface area contributed by atoms with E-state index < -0.39 is 6.10 Å². The second-order valence-electron chi connectivity index (χ2n) is 9.83. The molecule has 4 nitrogen and oxygen atoms in total. The van der Waals surface area contributed by atoms with Crippen LogP contribution in [0.4, 0.5) is 0 Å². The van der Waals surface area contributed by atoms with E-state index in [0.717, 1.165) is 30.0 Å². The molecule has 2 aliphatic rings. The highest BCUT2D eigenvalue weighted by Crippen LogP contribution is 2.47. The van der Waals surface area contributed by atoms with Gasteiger partial charge in [0.2, 0.25) is 0 Å². The molecule has 182 valence electrons. The fourth-order valence-electron chi connectivity index (χ4n) is 5.08. The molecule has 1 aliphatic heterocycles. The molecule has 3 aromatic carbocycles. The van der Waals surface area contributed by atoms with Gasteiger partial charge in [0.25, 0.3) is 0 Å². The molecule has 1 saturated carbocycles. The van der Waals surface area contributed by atoms with Gasteiger partial charge in [-0.1, -0.05) is 61.0 Å². The zero-order valence-corrected chi connectivity index (χ0v) is 20.3. The molecule has 0 radical (unpaired) electrons. The van der Waals surface area contributed by atoms with Crippen molar-refractivity contribution in [1.29, 1.82) is 0 Å². The molecule has 1 aliphatic carbocycles. The van der Waals surface area contributed by atoms with E-state index >= 15 is 0 Å². The van der Waals surface area contributed by atoms with Crippen LogP contribution >= 0.6 is 0 Å². The number of hydrogen-bond donors (Lipinski definition) is 2. The summed E-state index contributed by atoms with van der Waals surface area (Å²) < 4.78 is 5.94. The monoisotopic (exact) mass is 469 g/mol. The third-order valence-corrected chi connectivity index (χ3v) is 7.00. The number of rotatable bonds is 9. The molecule has 2 fully saturated rings. The maximum Gasteiger partial charge on any atom is 0.119 e. The van der Waals surface area contributed by atoms with Crippen molar-refractivity contribution in [2.75, 3.05) is 26.2 Å². The zero-order valence-electron chi connectivity index (χ0n) is 20.3. The quantitative estimate of drug-likeness (QED) is 0.378. The lowest BCUT2D eigenvalue weighted by Crippen LogP contribution is -2.38. The molecule has 1 heterocycles. The smallest absolute Gasteiger partial charge is 0.119 e. The summed E-state index contributed by atoms with van der Waals surface area (Å²) in [4.78, 5) is 2.33. The summed E-state index contributed by atoms with van der Waals surface area (Å²) in [7, 11) is 0. The average Bonchev–Trinajstić information content (AvgIpc) is 3.73. The molecule has 0 aromatic heterocycles. The van der Waals surface area contributed by atoms with Crippen molar-refractivity contribution in [1.82, 2.24) is 4.90 Å². The number of allylic oxidation sites excluding steroid dienone is 1. The molecule has 4 heteroatoms. The molecule has 1 unspecified atom stereocenters. The molecule has 2 N–H and O–H groups in total. The van der Waals surface area contributed by atoms with E-state index in [-0.39, 0.29) is 5.75 Å². The highest BCUT2D eigenvalue weighted by Gasteiger charge is 2.30. The first-order valence-corrected chi connectivity index (χ1v) is 12.9. The van der Waals surface area contributed by atoms with Crippen molar-refractivity contribution >= 4 is 11.1 Å². The van der Waals surface area contributed by atoms with E-state index in [2.05, 4.69) is 47.4 Å². The predicted molar refractivity (Wildman–Crippen MR) is 141 cm³/mol. The first kappa shape index (κ1) is 23.7. The molecule has 5 rings (SSSR count). The fraction of sp³-hybridized carbons (Fsp3) is 0.355. The van der Waals surface area contributed by atoms with Crippen LogP contribution in [-0.2, 0) is 0 Å². The van der Waals surface area contributed by atoms with Gasteiger partial charge >= 0.3 is 0 Å². The van der Waals surface area contributed by atoms with Crippen LogP contribution in [0.5, 0.6) is 11.5 Å². The number of piperidine rings is 1. The van der Waals surface area contributed by atoms with Gasteiger partial charge in [-0.05, 0) is 96.8 Å². The van der Waals surface area contributed by atoms with Crippen LogP contribution in [0.2, 0.25) is 0 Å². The third kappa shape index (κ3) is 6.14. The van der Waals surface area contributed by atoms with Crippen molar-refractivity contribution in [3.63, 3.8) is 0 Å². The Morgan fingerprint density at radius 3 is 2.06 bits per heavy atom. The van der Waals surface area contributed by atoms with Gasteiger partial charge < -0.3 is 19.8 Å². The number of ether oxygens (including phenoxy) is 1. The highest BCUT2D eigenvalue weighted by molar-refractivity contribution is 6.00. The van der Waals surface area contributed by atoms with Gasteiger partial charge in [-0.25, -0.2) is 0 Å². The second-order valence-corrected chi connectivity index (χ2v) is 9.83. The second kappa shape index (κ2) is 11.1. The minimum absolute atomic E-state index is 0.271. The van der Waals surface area contributed by atoms with E-state index in [4.69, 9.17) is 4.74 Å². The molecule has 1 saturated heterocycles. The Kier molecular flexibility index (Phi) is 7.51. The summed E-state index contributed by atoms with van der Waals surface area (Å²) in [5.41, 5.74) is 6.04. The average molecular weight is 470 g/mol. The highest BCUT2D eigenvalue weighted by atomic mass is 16.5. The van der Waals surface area contributed by atoms with E-state index in [1.165, 1.54) is 48.8 Å². The lowest BCUT2D eigenvalue weighted by atomic mass is 9.87. The summed E-state index contributed by atoms with van der Waals surface area (Å²) in [5, 5.41) is 20.3. The van der Waals surface area contributed by atoms with Gasteiger partial charge in [0, 0.05) is 6.54 Å². The molecular formula is C31H35NO3. The number of phenols is 1. The van der Waals surface area contributed by atoms with E-state index in [0.29, 0.717) is 19.1 Å². The zero-order chi connectivity index (χ0) is 24.0. The van der Waals surface area contributed by atoms with Gasteiger partial charge in [-0.3, -0.25) is 0 Å². The van der Waals surface area contributed by atoms with Gasteiger partial charge in [-0.2, -0.15) is 0 Å². The molecule has 0 spiro atoms. The Morgan fingerprint density at radius 2 is 1.43 bits per heavy atom. The summed E-state index contributed by atoms with van der Waals surface area (Å²) in [6, 6.07) is 26.4. The molecule has 1 atom stereocenters. The number of aromatic hydroxyl groups is 1. The topological polar surface area (TPSA) is 52.9 Å². The fourth-order valence-corrected chi connectivity index (χ4v) is 5.08. The van der Waals surface area contributed by atoms with Crippen molar-refractivity contribution in [2.24, 2.45) is 5.92 Å². The Morgan fingerprint density at radius 1 is 0.800 bits per heavy atom. The minimum atomic E-state index is -0.486. The van der Waals surface area contributed by atoms with Crippen LogP contribution in [0.3, 0.4) is 0 Å².